The van der Waals surface area contributed by atoms with Gasteiger partial charge in [-0.3, -0.25) is 0 Å². The lowest BCUT2D eigenvalue weighted by molar-refractivity contribution is 0.297. The Kier molecular flexibility index (Phi) is 3.37. The summed E-state index contributed by atoms with van der Waals surface area (Å²) < 4.78 is 0. The van der Waals surface area contributed by atoms with Gasteiger partial charge in [-0.25, -0.2) is 4.98 Å². The van der Waals surface area contributed by atoms with Crippen molar-refractivity contribution in [2.45, 2.75) is 31.7 Å². The number of aliphatic hydroxyl groups excluding tert-OH is 1. The maximum Gasteiger partial charge on any atom is 0.185 e. The van der Waals surface area contributed by atoms with Crippen LogP contribution < -0.4 is 4.90 Å². The summed E-state index contributed by atoms with van der Waals surface area (Å²) in [4.78, 5) is 6.57. The molecule has 1 fully saturated rings. The van der Waals surface area contributed by atoms with E-state index in [1.807, 2.05) is 11.6 Å². The molecule has 1 heterocycles. The van der Waals surface area contributed by atoms with E-state index in [2.05, 4.69) is 9.88 Å². The highest BCUT2D eigenvalue weighted by Crippen LogP contribution is 2.28. The molecule has 0 atom stereocenters. The Labute approximate surface area is 88.4 Å². The molecule has 78 valence electrons. The molecule has 0 amide bonds. The zero-order valence-electron chi connectivity index (χ0n) is 8.22. The Balaban J connectivity index is 2.06. The van der Waals surface area contributed by atoms with Gasteiger partial charge in [0.15, 0.2) is 5.13 Å². The van der Waals surface area contributed by atoms with Crippen LogP contribution in [0.3, 0.4) is 0 Å². The minimum absolute atomic E-state index is 0.218. The lowest BCUT2D eigenvalue weighted by Gasteiger charge is -2.27. The molecule has 2 rings (SSSR count). The number of aliphatic hydroxyl groups is 1. The summed E-state index contributed by atoms with van der Waals surface area (Å²) in [6.07, 6.45) is 6.97. The van der Waals surface area contributed by atoms with E-state index in [0.29, 0.717) is 6.04 Å². The van der Waals surface area contributed by atoms with Gasteiger partial charge in [-0.1, -0.05) is 12.8 Å². The molecular formula is C10H16N2OS. The van der Waals surface area contributed by atoms with Gasteiger partial charge in [-0.2, -0.15) is 0 Å². The molecule has 1 aromatic rings. The van der Waals surface area contributed by atoms with Crippen LogP contribution in [0.5, 0.6) is 0 Å². The van der Waals surface area contributed by atoms with Crippen molar-refractivity contribution in [3.8, 4) is 0 Å². The summed E-state index contributed by atoms with van der Waals surface area (Å²) in [5.74, 6) is 0. The number of rotatable bonds is 4. The largest absolute Gasteiger partial charge is 0.395 e. The fraction of sp³-hybridized carbons (Fsp3) is 0.700. The number of nitrogens with zero attached hydrogens (tertiary/aromatic N) is 2. The summed E-state index contributed by atoms with van der Waals surface area (Å²) in [6.45, 7) is 0.939. The van der Waals surface area contributed by atoms with Crippen LogP contribution in [0.15, 0.2) is 11.6 Å². The molecule has 1 aromatic heterocycles. The third-order valence-electron chi connectivity index (χ3n) is 2.77. The Morgan fingerprint density at radius 3 is 2.86 bits per heavy atom. The van der Waals surface area contributed by atoms with Crippen molar-refractivity contribution in [2.75, 3.05) is 18.1 Å². The summed E-state index contributed by atoms with van der Waals surface area (Å²) in [5.41, 5.74) is 0. The van der Waals surface area contributed by atoms with E-state index < -0.39 is 0 Å². The van der Waals surface area contributed by atoms with Gasteiger partial charge in [0.1, 0.15) is 0 Å². The lowest BCUT2D eigenvalue weighted by atomic mass is 10.2. The van der Waals surface area contributed by atoms with E-state index in [0.717, 1.165) is 11.7 Å². The molecule has 0 aliphatic heterocycles. The van der Waals surface area contributed by atoms with Crippen LogP contribution in [0.4, 0.5) is 5.13 Å². The Hall–Kier alpha value is -0.610. The molecule has 1 aliphatic rings. The molecule has 14 heavy (non-hydrogen) atoms. The smallest absolute Gasteiger partial charge is 0.185 e. The highest BCUT2D eigenvalue weighted by molar-refractivity contribution is 7.13. The average Bonchev–Trinajstić information content (AvgIpc) is 2.87. The Bertz CT molecular complexity index is 257. The molecule has 0 aromatic carbocycles. The predicted octanol–water partition coefficient (Wildman–Crippen LogP) is 1.88. The van der Waals surface area contributed by atoms with Gasteiger partial charge in [-0.05, 0) is 12.8 Å². The van der Waals surface area contributed by atoms with Crippen LogP contribution >= 0.6 is 11.3 Å². The fourth-order valence-corrected chi connectivity index (χ4v) is 2.86. The van der Waals surface area contributed by atoms with Crippen LogP contribution in [0, 0.1) is 0 Å². The zero-order chi connectivity index (χ0) is 9.80. The van der Waals surface area contributed by atoms with Crippen LogP contribution in [-0.2, 0) is 0 Å². The first-order valence-corrected chi connectivity index (χ1v) is 6.07. The first kappa shape index (κ1) is 9.93. The standard InChI is InChI=1S/C10H16N2OS/c13-7-6-12(9-3-1-2-4-9)10-11-5-8-14-10/h5,8-9,13H,1-4,6-7H2. The minimum atomic E-state index is 0.218. The number of anilines is 1. The third-order valence-corrected chi connectivity index (χ3v) is 3.58. The highest BCUT2D eigenvalue weighted by atomic mass is 32.1. The molecule has 3 nitrogen and oxygen atoms in total. The maximum atomic E-state index is 9.03. The van der Waals surface area contributed by atoms with E-state index >= 15 is 0 Å². The van der Waals surface area contributed by atoms with Gasteiger partial charge in [0, 0.05) is 24.2 Å². The minimum Gasteiger partial charge on any atom is -0.395 e. The van der Waals surface area contributed by atoms with Crippen LogP contribution in [0.25, 0.3) is 0 Å². The molecule has 0 spiro atoms. The molecule has 0 radical (unpaired) electrons. The monoisotopic (exact) mass is 212 g/mol. The summed E-state index contributed by atoms with van der Waals surface area (Å²) in [7, 11) is 0. The second-order valence-corrected chi connectivity index (χ2v) is 4.54. The molecule has 1 aliphatic carbocycles. The van der Waals surface area contributed by atoms with Crippen molar-refractivity contribution in [2.24, 2.45) is 0 Å². The number of aromatic nitrogens is 1. The molecular weight excluding hydrogens is 196 g/mol. The van der Waals surface area contributed by atoms with Gasteiger partial charge in [-0.15, -0.1) is 11.3 Å². The lowest BCUT2D eigenvalue weighted by Crippen LogP contribution is -2.35. The van der Waals surface area contributed by atoms with Gasteiger partial charge in [0.25, 0.3) is 0 Å². The summed E-state index contributed by atoms with van der Waals surface area (Å²) >= 11 is 1.66. The van der Waals surface area contributed by atoms with Gasteiger partial charge < -0.3 is 10.0 Å². The Morgan fingerprint density at radius 2 is 2.29 bits per heavy atom. The number of thiazole rings is 1. The summed E-state index contributed by atoms with van der Waals surface area (Å²) in [5, 5.41) is 12.1. The molecule has 4 heteroatoms. The topological polar surface area (TPSA) is 36.4 Å². The zero-order valence-corrected chi connectivity index (χ0v) is 9.04. The number of hydrogen-bond donors (Lipinski definition) is 1. The van der Waals surface area contributed by atoms with Crippen molar-refractivity contribution in [3.05, 3.63) is 11.6 Å². The predicted molar refractivity (Wildman–Crippen MR) is 58.8 cm³/mol. The van der Waals surface area contributed by atoms with Crippen molar-refractivity contribution in [3.63, 3.8) is 0 Å². The van der Waals surface area contributed by atoms with Gasteiger partial charge >= 0.3 is 0 Å². The van der Waals surface area contributed by atoms with E-state index in [4.69, 9.17) is 5.11 Å². The van der Waals surface area contributed by atoms with Crippen molar-refractivity contribution >= 4 is 16.5 Å². The van der Waals surface area contributed by atoms with Crippen molar-refractivity contribution in [1.82, 2.24) is 4.98 Å². The molecule has 0 bridgehead atoms. The highest BCUT2D eigenvalue weighted by Gasteiger charge is 2.23. The van der Waals surface area contributed by atoms with Crippen LogP contribution in [0.1, 0.15) is 25.7 Å². The quantitative estimate of drug-likeness (QED) is 0.828. The van der Waals surface area contributed by atoms with Crippen LogP contribution in [-0.4, -0.2) is 29.3 Å². The first-order valence-electron chi connectivity index (χ1n) is 5.19. The molecule has 1 saturated carbocycles. The molecule has 0 saturated heterocycles. The molecule has 1 N–H and O–H groups in total. The van der Waals surface area contributed by atoms with Crippen molar-refractivity contribution in [1.29, 1.82) is 0 Å². The average molecular weight is 212 g/mol. The SMILES string of the molecule is OCCN(c1nccs1)C1CCCC1. The fourth-order valence-electron chi connectivity index (χ4n) is 2.12. The normalized spacial score (nSPS) is 17.5. The van der Waals surface area contributed by atoms with E-state index in [-0.39, 0.29) is 6.61 Å². The van der Waals surface area contributed by atoms with E-state index in [1.165, 1.54) is 25.7 Å². The van der Waals surface area contributed by atoms with Gasteiger partial charge in [0.2, 0.25) is 0 Å². The number of hydrogen-bond acceptors (Lipinski definition) is 4. The summed E-state index contributed by atoms with van der Waals surface area (Å²) in [6, 6.07) is 0.605. The van der Waals surface area contributed by atoms with Crippen LogP contribution in [0.2, 0.25) is 0 Å². The van der Waals surface area contributed by atoms with Crippen molar-refractivity contribution < 1.29 is 5.11 Å². The van der Waals surface area contributed by atoms with E-state index in [1.54, 1.807) is 11.3 Å². The maximum absolute atomic E-state index is 9.03. The third kappa shape index (κ3) is 2.07. The second kappa shape index (κ2) is 4.75. The second-order valence-electron chi connectivity index (χ2n) is 3.67. The van der Waals surface area contributed by atoms with Gasteiger partial charge in [0.05, 0.1) is 6.61 Å². The molecule has 0 unspecified atom stereocenters. The van der Waals surface area contributed by atoms with E-state index in [9.17, 15) is 0 Å². The first-order chi connectivity index (χ1) is 6.92. The Morgan fingerprint density at radius 1 is 1.50 bits per heavy atom.